The molecule has 0 saturated carbocycles. The van der Waals surface area contributed by atoms with Gasteiger partial charge in [-0.2, -0.15) is 0 Å². The maximum Gasteiger partial charge on any atom is 0.276 e. The van der Waals surface area contributed by atoms with E-state index in [1.165, 1.54) is 16.7 Å². The molecule has 2 heterocycles. The number of carbonyl (C=O) groups excluding carboxylic acids is 1. The lowest BCUT2D eigenvalue weighted by Crippen LogP contribution is -2.65. The highest BCUT2D eigenvalue weighted by atomic mass is 28.3. The van der Waals surface area contributed by atoms with Crippen molar-refractivity contribution in [3.05, 3.63) is 60.7 Å². The van der Waals surface area contributed by atoms with E-state index in [1.807, 2.05) is 0 Å². The lowest BCUT2D eigenvalue weighted by Gasteiger charge is -2.44. The van der Waals surface area contributed by atoms with Crippen LogP contribution in [0, 0.1) is 0 Å². The first-order valence-electron chi connectivity index (χ1n) is 11.8. The Morgan fingerprint density at radius 1 is 1.00 bits per heavy atom. The van der Waals surface area contributed by atoms with Gasteiger partial charge < -0.3 is 10.4 Å². The number of rotatable bonds is 9. The van der Waals surface area contributed by atoms with E-state index in [2.05, 4.69) is 107 Å². The average Bonchev–Trinajstić information content (AvgIpc) is 3.31. The van der Waals surface area contributed by atoms with E-state index in [4.69, 9.17) is 0 Å². The minimum atomic E-state index is -2.10. The molecule has 0 spiro atoms. The van der Waals surface area contributed by atoms with Gasteiger partial charge in [0, 0.05) is 0 Å². The predicted octanol–water partition coefficient (Wildman–Crippen LogP) is 2.08. The van der Waals surface area contributed by atoms with Crippen LogP contribution >= 0.6 is 0 Å². The van der Waals surface area contributed by atoms with Crippen molar-refractivity contribution in [3.8, 4) is 0 Å². The van der Waals surface area contributed by atoms with Gasteiger partial charge in [-0.1, -0.05) is 98.2 Å². The molecule has 1 atom stereocenters. The Morgan fingerprint density at radius 3 is 2.18 bits per heavy atom. The number of fused-ring (bicyclic) bond motifs is 1. The molecule has 2 aliphatic rings. The topological polar surface area (TPSA) is 98.4 Å². The van der Waals surface area contributed by atoms with Crippen LogP contribution in [-0.2, 0) is 4.79 Å². The lowest BCUT2D eigenvalue weighted by atomic mass is 10.2. The van der Waals surface area contributed by atoms with Crippen LogP contribution in [0.4, 0.5) is 0 Å². The fourth-order valence-electron chi connectivity index (χ4n) is 5.12. The Morgan fingerprint density at radius 2 is 1.62 bits per heavy atom. The number of aliphatic imine (C=N–C) groups is 3. The van der Waals surface area contributed by atoms with E-state index >= 15 is 0 Å². The molecule has 0 aliphatic carbocycles. The summed E-state index contributed by atoms with van der Waals surface area (Å²) in [7, 11) is -2.10. The molecule has 0 saturated heterocycles. The predicted molar refractivity (Wildman–Crippen MR) is 141 cm³/mol. The molecule has 178 valence electrons. The highest BCUT2D eigenvalue weighted by Gasteiger charge is 2.46. The van der Waals surface area contributed by atoms with Crippen LogP contribution in [0.25, 0.3) is 0 Å². The minimum Gasteiger partial charge on any atom is -0.390 e. The molecule has 1 amide bonds. The van der Waals surface area contributed by atoms with E-state index in [1.54, 1.807) is 0 Å². The van der Waals surface area contributed by atoms with Crippen molar-refractivity contribution in [1.29, 1.82) is 0 Å². The fraction of sp³-hybridized carbons (Fsp3) is 0.385. The van der Waals surface area contributed by atoms with Gasteiger partial charge in [-0.15, -0.1) is 0 Å². The molecule has 7 nitrogen and oxygen atoms in total. The van der Waals surface area contributed by atoms with Crippen molar-refractivity contribution in [1.82, 2.24) is 10.6 Å². The zero-order chi connectivity index (χ0) is 24.2. The van der Waals surface area contributed by atoms with Crippen molar-refractivity contribution < 1.29 is 9.90 Å². The number of unbranched alkanes of at least 4 members (excludes halogenated alkanes) is 1. The van der Waals surface area contributed by atoms with Gasteiger partial charge in [-0.05, 0) is 24.0 Å². The van der Waals surface area contributed by atoms with Gasteiger partial charge in [0.1, 0.15) is 21.0 Å². The van der Waals surface area contributed by atoms with Gasteiger partial charge in [-0.25, -0.2) is 15.0 Å². The lowest BCUT2D eigenvalue weighted by molar-refractivity contribution is -0.117. The van der Waals surface area contributed by atoms with Crippen molar-refractivity contribution in [3.63, 3.8) is 0 Å². The van der Waals surface area contributed by atoms with E-state index in [9.17, 15) is 9.90 Å². The third-order valence-corrected chi connectivity index (χ3v) is 13.2. The third kappa shape index (κ3) is 4.53. The van der Waals surface area contributed by atoms with Crippen molar-refractivity contribution in [2.45, 2.75) is 50.5 Å². The van der Waals surface area contributed by atoms with Gasteiger partial charge in [0.2, 0.25) is 5.79 Å². The number of amides is 1. The fourth-order valence-corrected chi connectivity index (χ4v) is 10.8. The summed E-state index contributed by atoms with van der Waals surface area (Å²) in [6, 6.07) is 23.0. The number of aliphatic hydroxyl groups excluding tert-OH is 1. The summed E-state index contributed by atoms with van der Waals surface area (Å²) in [6.45, 7) is 7.35. The Hall–Kier alpha value is -2.94. The zero-order valence-electron chi connectivity index (χ0n) is 20.1. The van der Waals surface area contributed by atoms with Gasteiger partial charge in [0.25, 0.3) is 5.91 Å². The summed E-state index contributed by atoms with van der Waals surface area (Å²) in [5.41, 5.74) is 0.192. The van der Waals surface area contributed by atoms with Crippen LogP contribution < -0.4 is 21.0 Å². The molecular weight excluding hydrogens is 442 g/mol. The van der Waals surface area contributed by atoms with Crippen LogP contribution in [-0.4, -0.2) is 55.9 Å². The monoisotopic (exact) mass is 475 g/mol. The van der Waals surface area contributed by atoms with E-state index in [-0.39, 0.29) is 29.1 Å². The van der Waals surface area contributed by atoms with Crippen LogP contribution in [0.5, 0.6) is 0 Å². The number of aliphatic hydroxyl groups is 1. The van der Waals surface area contributed by atoms with Crippen LogP contribution in [0.3, 0.4) is 0 Å². The molecule has 2 aliphatic heterocycles. The largest absolute Gasteiger partial charge is 0.390 e. The molecule has 2 aromatic carbocycles. The molecule has 4 rings (SSSR count). The Labute approximate surface area is 202 Å². The summed E-state index contributed by atoms with van der Waals surface area (Å²) >= 11 is 0. The number of carbonyl (C=O) groups is 1. The van der Waals surface area contributed by atoms with Gasteiger partial charge >= 0.3 is 0 Å². The first kappa shape index (κ1) is 24.2. The van der Waals surface area contributed by atoms with Gasteiger partial charge in [0.15, 0.2) is 11.5 Å². The quantitative estimate of drug-likeness (QED) is 0.383. The van der Waals surface area contributed by atoms with Crippen LogP contribution in [0.15, 0.2) is 75.6 Å². The van der Waals surface area contributed by atoms with E-state index in [0.29, 0.717) is 6.54 Å². The normalized spacial score (nSPS) is 19.9. The molecule has 0 radical (unpaired) electrons. The molecule has 34 heavy (non-hydrogen) atoms. The second-order valence-corrected chi connectivity index (χ2v) is 14.9. The molecule has 1 unspecified atom stereocenters. The number of benzene rings is 2. The number of nitrogens with zero attached hydrogens (tertiary/aromatic N) is 3. The second-order valence-electron chi connectivity index (χ2n) is 9.90. The first-order valence-corrected chi connectivity index (χ1v) is 14.0. The standard InChI is InChI=1S/C26H33N5O2Si/c1-25(2,3)34(20-12-6-4-7-13-20,21-14-8-5-9-15-21)17-11-10-16-29-26(18-32)30-23-22(24(33)31-26)27-19-28-23/h4-9,12-15,19,29,32H,10-11,16-18H2,1-3H3,(H,31,33). The maximum atomic E-state index is 12.3. The number of hydrogen-bond donors (Lipinski definition) is 3. The van der Waals surface area contributed by atoms with Crippen molar-refractivity contribution >= 4 is 42.2 Å². The molecule has 3 N–H and O–H groups in total. The average molecular weight is 476 g/mol. The van der Waals surface area contributed by atoms with E-state index in [0.717, 1.165) is 18.9 Å². The smallest absolute Gasteiger partial charge is 0.276 e. The maximum absolute atomic E-state index is 12.3. The Bertz CT molecular complexity index is 1070. The second kappa shape index (κ2) is 9.73. The molecule has 0 aromatic heterocycles. The number of amidine groups is 1. The highest BCUT2D eigenvalue weighted by Crippen LogP contribution is 2.39. The number of nitrogens with one attached hydrogen (secondary N) is 2. The Balaban J connectivity index is 1.50. The molecular formula is C26H33N5O2Si. The third-order valence-electron chi connectivity index (χ3n) is 6.85. The minimum absolute atomic E-state index is 0.120. The summed E-state index contributed by atoms with van der Waals surface area (Å²) < 4.78 is 0. The SMILES string of the molecule is CC(C)(C)[Si](CCCCNC1(CO)N=C2N=CN=C2C(=O)N1)(c1ccccc1)c1ccccc1. The highest BCUT2D eigenvalue weighted by molar-refractivity contribution is 7.04. The summed E-state index contributed by atoms with van der Waals surface area (Å²) in [5, 5.41) is 19.0. The molecule has 8 heteroatoms. The van der Waals surface area contributed by atoms with Crippen LogP contribution in [0.2, 0.25) is 11.1 Å². The molecule has 0 bridgehead atoms. The number of hydrogen-bond acceptors (Lipinski definition) is 6. The first-order chi connectivity index (χ1) is 16.3. The van der Waals surface area contributed by atoms with Crippen molar-refractivity contribution in [2.24, 2.45) is 15.0 Å². The van der Waals surface area contributed by atoms with Crippen molar-refractivity contribution in [2.75, 3.05) is 13.2 Å². The summed E-state index contributed by atoms with van der Waals surface area (Å²) in [5.74, 6) is -1.38. The van der Waals surface area contributed by atoms with Gasteiger partial charge in [0.05, 0.1) is 0 Å². The molecule has 2 aromatic rings. The van der Waals surface area contributed by atoms with Crippen LogP contribution in [0.1, 0.15) is 33.6 Å². The molecule has 0 fully saturated rings. The van der Waals surface area contributed by atoms with Gasteiger partial charge in [-0.3, -0.25) is 10.1 Å². The zero-order valence-corrected chi connectivity index (χ0v) is 21.1. The summed E-state index contributed by atoms with van der Waals surface area (Å²) in [6.07, 6.45) is 3.21. The Kier molecular flexibility index (Phi) is 6.93. The summed E-state index contributed by atoms with van der Waals surface area (Å²) in [4.78, 5) is 24.7. The van der Waals surface area contributed by atoms with E-state index < -0.39 is 13.9 Å².